The van der Waals surface area contributed by atoms with E-state index in [-0.39, 0.29) is 24.2 Å². The number of para-hydroxylation sites is 1. The monoisotopic (exact) mass is 711 g/mol. The molecule has 0 spiro atoms. The number of hydrogen-bond donors (Lipinski definition) is 6. The van der Waals surface area contributed by atoms with E-state index in [1.807, 2.05) is 56.4 Å². The molecule has 0 bridgehead atoms. The van der Waals surface area contributed by atoms with Crippen LogP contribution < -0.4 is 4.90 Å². The van der Waals surface area contributed by atoms with E-state index in [2.05, 4.69) is 13.5 Å². The number of allylic oxidation sites excluding steroid dienone is 6. The van der Waals surface area contributed by atoms with Gasteiger partial charge in [-0.15, -0.1) is 6.58 Å². The van der Waals surface area contributed by atoms with Gasteiger partial charge in [0.15, 0.2) is 6.10 Å². The number of hydrogen-bond acceptors (Lipinski definition) is 9. The minimum absolute atomic E-state index is 0.0441. The first-order valence-electron chi connectivity index (χ1n) is 16.6. The molecule has 0 radical (unpaired) electrons. The predicted octanol–water partition coefficient (Wildman–Crippen LogP) is 5.79. The highest BCUT2D eigenvalue weighted by Gasteiger charge is 2.48. The summed E-state index contributed by atoms with van der Waals surface area (Å²) >= 11 is 0. The molecule has 1 aliphatic carbocycles. The lowest BCUT2D eigenvalue weighted by atomic mass is 9.94. The third kappa shape index (κ3) is 13.2. The van der Waals surface area contributed by atoms with Crippen LogP contribution in [-0.2, 0) is 19.1 Å². The minimum Gasteiger partial charge on any atom is -0.512 e. The second kappa shape index (κ2) is 21.6. The Bertz CT molecular complexity index is 1520. The van der Waals surface area contributed by atoms with Gasteiger partial charge in [0.1, 0.15) is 24.1 Å². The van der Waals surface area contributed by atoms with Crippen molar-refractivity contribution in [2.75, 3.05) is 4.90 Å². The van der Waals surface area contributed by atoms with Gasteiger partial charge in [0.05, 0.1) is 30.6 Å². The van der Waals surface area contributed by atoms with Gasteiger partial charge in [-0.1, -0.05) is 74.1 Å². The molecule has 278 valence electrons. The van der Waals surface area contributed by atoms with Crippen LogP contribution >= 0.6 is 0 Å². The molecule has 2 aliphatic heterocycles. The number of β-lactam (4-membered cyclic amide) rings is 1. The highest BCUT2D eigenvalue weighted by molar-refractivity contribution is 6.01. The molecular weight excluding hydrogens is 661 g/mol. The number of halogens is 1. The summed E-state index contributed by atoms with van der Waals surface area (Å²) in [6.07, 6.45) is 4.57. The number of carboxylic acid groups (broad SMARTS) is 1. The van der Waals surface area contributed by atoms with Crippen molar-refractivity contribution in [3.63, 3.8) is 0 Å². The van der Waals surface area contributed by atoms with Crippen LogP contribution in [0.5, 0.6) is 0 Å². The van der Waals surface area contributed by atoms with E-state index < -0.39 is 42.8 Å². The maximum absolute atomic E-state index is 12.4. The van der Waals surface area contributed by atoms with Crippen LogP contribution in [0.3, 0.4) is 0 Å². The van der Waals surface area contributed by atoms with Crippen molar-refractivity contribution >= 4 is 17.6 Å². The molecule has 5 rings (SSSR count). The Balaban J connectivity index is 0.000000305. The van der Waals surface area contributed by atoms with Crippen LogP contribution in [0.4, 0.5) is 10.1 Å². The van der Waals surface area contributed by atoms with Gasteiger partial charge in [-0.2, -0.15) is 0 Å². The van der Waals surface area contributed by atoms with Gasteiger partial charge in [-0.25, -0.2) is 9.18 Å². The third-order valence-electron chi connectivity index (χ3n) is 7.92. The summed E-state index contributed by atoms with van der Waals surface area (Å²) in [5.74, 6) is -1.36. The molecule has 6 N–H and O–H groups in total. The zero-order valence-corrected chi connectivity index (χ0v) is 29.4. The highest BCUT2D eigenvalue weighted by atomic mass is 19.1. The number of nitrogens with zero attached hydrogens (tertiary/aromatic N) is 1. The van der Waals surface area contributed by atoms with Crippen molar-refractivity contribution in [2.45, 2.75) is 96.2 Å². The Morgan fingerprint density at radius 2 is 1.71 bits per heavy atom. The number of aliphatic carboxylic acids is 1. The lowest BCUT2D eigenvalue weighted by Crippen LogP contribution is -2.60. The van der Waals surface area contributed by atoms with Gasteiger partial charge >= 0.3 is 5.97 Å². The number of carbonyl (C=O) groups is 2. The Labute approximate surface area is 298 Å². The molecular formula is C39H50FNO10. The molecule has 1 amide bonds. The lowest BCUT2D eigenvalue weighted by molar-refractivity contribution is -0.281. The lowest BCUT2D eigenvalue weighted by Gasteiger charge is -2.41. The van der Waals surface area contributed by atoms with E-state index in [9.17, 15) is 34.4 Å². The van der Waals surface area contributed by atoms with Gasteiger partial charge in [0.25, 0.3) is 0 Å². The number of ether oxygens (including phenoxy) is 2. The van der Waals surface area contributed by atoms with Crippen LogP contribution in [0.1, 0.15) is 65.0 Å². The molecule has 0 saturated carbocycles. The van der Waals surface area contributed by atoms with Crippen molar-refractivity contribution in [3.8, 4) is 0 Å². The van der Waals surface area contributed by atoms with Gasteiger partial charge in [0, 0.05) is 12.1 Å². The molecule has 3 aliphatic rings. The second-order valence-corrected chi connectivity index (χ2v) is 11.9. The predicted molar refractivity (Wildman–Crippen MR) is 192 cm³/mol. The van der Waals surface area contributed by atoms with Crippen molar-refractivity contribution in [2.24, 2.45) is 0 Å². The quantitative estimate of drug-likeness (QED) is 0.112. The number of amides is 1. The zero-order chi connectivity index (χ0) is 38.1. The first-order valence-corrected chi connectivity index (χ1v) is 16.6. The fourth-order valence-corrected chi connectivity index (χ4v) is 4.74. The number of aliphatic hydroxyl groups excluding tert-OH is 5. The molecule has 12 heteroatoms. The molecule has 7 unspecified atom stereocenters. The van der Waals surface area contributed by atoms with Crippen molar-refractivity contribution < 1.29 is 54.1 Å². The normalized spacial score (nSPS) is 24.6. The second-order valence-electron chi connectivity index (χ2n) is 11.9. The number of anilines is 1. The van der Waals surface area contributed by atoms with E-state index >= 15 is 0 Å². The number of carboxylic acids is 1. The van der Waals surface area contributed by atoms with E-state index in [0.717, 1.165) is 17.7 Å². The summed E-state index contributed by atoms with van der Waals surface area (Å²) in [4.78, 5) is 24.7. The summed E-state index contributed by atoms with van der Waals surface area (Å²) in [6.45, 7) is 11.2. The standard InChI is InChI=1S/C18H21NO8.C9H11FO.C8H10O.C4H8/c1-9(11-7-12(20)19(11)10-5-3-2-4-6-10)8-26-18-15(23)13(21)14(22)16(27-18)17(24)25;1-2-9(11)7-3-5-8(10)6-4-7;1-7-3-2-4-8(9)6-5-7;1-3-4-2/h2-6,8,11,13-16,18,21-23H,7H2,1H3,(H,24,25);3-6,9,11H,2H2,1H3;2-5,9H,6H2,1H3;3H,1,4H2,2H3/b9-8-;;;. The van der Waals surface area contributed by atoms with Crippen molar-refractivity contribution in [1.82, 2.24) is 0 Å². The smallest absolute Gasteiger partial charge is 0.335 e. The molecule has 2 aromatic rings. The third-order valence-corrected chi connectivity index (χ3v) is 7.92. The largest absolute Gasteiger partial charge is 0.512 e. The average molecular weight is 712 g/mol. The SMILES string of the molecule is C/C(=C/OC1OC(C(=O)O)C(O)C(O)C1O)C1CC(=O)N1c1ccccc1.C=CCC.CC1=CCC(O)=CC=C1.CCC(O)c1ccc(F)cc1. The maximum atomic E-state index is 12.4. The first kappa shape index (κ1) is 42.6. The van der Waals surface area contributed by atoms with Crippen LogP contribution in [0.15, 0.2) is 115 Å². The number of aliphatic hydroxyl groups is 5. The van der Waals surface area contributed by atoms with Gasteiger partial charge in [0.2, 0.25) is 12.2 Å². The molecule has 2 heterocycles. The van der Waals surface area contributed by atoms with Gasteiger partial charge in [-0.05, 0) is 68.2 Å². The fraction of sp³-hybridized carbons (Fsp3) is 0.385. The summed E-state index contributed by atoms with van der Waals surface area (Å²) in [5.41, 5.74) is 3.37. The number of carbonyl (C=O) groups excluding carboxylic acids is 1. The van der Waals surface area contributed by atoms with Crippen LogP contribution in [0.2, 0.25) is 0 Å². The maximum Gasteiger partial charge on any atom is 0.335 e. The molecule has 2 saturated heterocycles. The van der Waals surface area contributed by atoms with E-state index in [1.165, 1.54) is 24.0 Å². The van der Waals surface area contributed by atoms with Gasteiger partial charge < -0.3 is 45.0 Å². The molecule has 7 atom stereocenters. The zero-order valence-electron chi connectivity index (χ0n) is 29.4. The minimum atomic E-state index is -1.78. The molecule has 2 fully saturated rings. The van der Waals surface area contributed by atoms with Crippen molar-refractivity contribution in [3.05, 3.63) is 126 Å². The summed E-state index contributed by atoms with van der Waals surface area (Å²) < 4.78 is 22.7. The Morgan fingerprint density at radius 1 is 1.08 bits per heavy atom. The molecule has 0 aromatic heterocycles. The highest BCUT2D eigenvalue weighted by Crippen LogP contribution is 2.32. The molecule has 11 nitrogen and oxygen atoms in total. The van der Waals surface area contributed by atoms with Crippen molar-refractivity contribution in [1.29, 1.82) is 0 Å². The first-order chi connectivity index (χ1) is 24.2. The van der Waals surface area contributed by atoms with E-state index in [1.54, 1.807) is 42.2 Å². The van der Waals surface area contributed by atoms with Crippen LogP contribution in [-0.4, -0.2) is 79.3 Å². The molecule has 51 heavy (non-hydrogen) atoms. The van der Waals surface area contributed by atoms with Crippen LogP contribution in [0, 0.1) is 5.82 Å². The number of benzene rings is 2. The van der Waals surface area contributed by atoms with Gasteiger partial charge in [-0.3, -0.25) is 4.79 Å². The van der Waals surface area contributed by atoms with E-state index in [4.69, 9.17) is 19.7 Å². The molecule has 2 aromatic carbocycles. The summed E-state index contributed by atoms with van der Waals surface area (Å²) in [5, 5.41) is 56.7. The number of rotatable bonds is 8. The van der Waals surface area contributed by atoms with Crippen LogP contribution in [0.25, 0.3) is 0 Å². The topological polar surface area (TPSA) is 177 Å². The Morgan fingerprint density at radius 3 is 2.25 bits per heavy atom. The fourth-order valence-electron chi connectivity index (χ4n) is 4.74. The Hall–Kier alpha value is -4.59. The summed E-state index contributed by atoms with van der Waals surface area (Å²) in [6, 6.07) is 14.8. The summed E-state index contributed by atoms with van der Waals surface area (Å²) in [7, 11) is 0. The van der Waals surface area contributed by atoms with E-state index in [0.29, 0.717) is 24.2 Å². The Kier molecular flexibility index (Phi) is 18.0. The average Bonchev–Trinajstić information content (AvgIpc) is 3.32.